The molecule has 1 amide bonds. The number of nitrogens with one attached hydrogen (secondary N) is 1. The van der Waals surface area contributed by atoms with Crippen LogP contribution in [0.1, 0.15) is 11.3 Å². The Morgan fingerprint density at radius 3 is 2.59 bits per heavy atom. The average Bonchev–Trinajstić information content (AvgIpc) is 3.34. The molecule has 5 rings (SSSR count). The number of rotatable bonds is 6. The highest BCUT2D eigenvalue weighted by Crippen LogP contribution is 2.29. The number of aryl methyl sites for hydroxylation is 1. The number of anilines is 1. The zero-order valence-corrected chi connectivity index (χ0v) is 19.8. The van der Waals surface area contributed by atoms with E-state index in [1.54, 1.807) is 33.9 Å². The van der Waals surface area contributed by atoms with Crippen LogP contribution in [0, 0.1) is 12.7 Å². The first-order valence-electron chi connectivity index (χ1n) is 10.6. The van der Waals surface area contributed by atoms with Crippen molar-refractivity contribution in [2.75, 3.05) is 5.32 Å². The lowest BCUT2D eigenvalue weighted by molar-refractivity contribution is -0.116. The number of aromatic nitrogens is 5. The van der Waals surface area contributed by atoms with E-state index in [1.165, 1.54) is 12.1 Å². The number of pyridine rings is 1. The second-order valence-electron chi connectivity index (χ2n) is 7.86. The number of hydrogen-bond donors (Lipinski definition) is 1. The Morgan fingerprint density at radius 2 is 1.82 bits per heavy atom. The maximum Gasteiger partial charge on any atom is 0.247 e. The topological polar surface area (TPSA) is 77.6 Å². The van der Waals surface area contributed by atoms with Crippen LogP contribution in [0.25, 0.3) is 22.2 Å². The number of nitrogens with zero attached hydrogens (tertiary/aromatic N) is 5. The summed E-state index contributed by atoms with van der Waals surface area (Å²) in [6.07, 6.45) is 3.49. The van der Waals surface area contributed by atoms with Gasteiger partial charge in [0, 0.05) is 17.8 Å². The molecule has 0 unspecified atom stereocenters. The first-order chi connectivity index (χ1) is 16.5. The van der Waals surface area contributed by atoms with Crippen molar-refractivity contribution in [2.24, 2.45) is 0 Å². The molecule has 0 bridgehead atoms. The van der Waals surface area contributed by atoms with E-state index in [9.17, 15) is 9.18 Å². The molecule has 170 valence electrons. The molecule has 34 heavy (non-hydrogen) atoms. The van der Waals surface area contributed by atoms with Crippen LogP contribution < -0.4 is 5.32 Å². The van der Waals surface area contributed by atoms with Gasteiger partial charge in [0.1, 0.15) is 12.4 Å². The highest BCUT2D eigenvalue weighted by Gasteiger charge is 2.17. The molecule has 7 nitrogen and oxygen atoms in total. The van der Waals surface area contributed by atoms with Gasteiger partial charge in [0.25, 0.3) is 0 Å². The van der Waals surface area contributed by atoms with Crippen LogP contribution in [0.5, 0.6) is 0 Å². The third-order valence-corrected chi connectivity index (χ3v) is 6.00. The van der Waals surface area contributed by atoms with Gasteiger partial charge in [-0.15, -0.1) is 0 Å². The Labute approximate surface area is 203 Å². The summed E-state index contributed by atoms with van der Waals surface area (Å²) in [5.41, 5.74) is 4.44. The fourth-order valence-electron chi connectivity index (χ4n) is 3.90. The van der Waals surface area contributed by atoms with E-state index < -0.39 is 0 Å². The number of amides is 1. The Kier molecular flexibility index (Phi) is 5.93. The van der Waals surface area contributed by atoms with Crippen molar-refractivity contribution in [1.29, 1.82) is 0 Å². The summed E-state index contributed by atoms with van der Waals surface area (Å²) in [7, 11) is 0. The summed E-state index contributed by atoms with van der Waals surface area (Å²) >= 11 is 3.44. The van der Waals surface area contributed by atoms with E-state index in [0.29, 0.717) is 22.5 Å². The standard InChI is InChI=1S/C25H20BrFN6O/c1-16-23-20(18-5-3-2-4-6-18)11-12-28-25(23)33(30-16)15-22(34)29-24-21(26)14-32(31-24)13-17-7-9-19(27)10-8-17/h2-12,14H,13,15H2,1H3,(H,29,31,34). The van der Waals surface area contributed by atoms with Gasteiger partial charge in [-0.3, -0.25) is 9.48 Å². The molecule has 9 heteroatoms. The second kappa shape index (κ2) is 9.18. The van der Waals surface area contributed by atoms with Crippen molar-refractivity contribution >= 4 is 38.7 Å². The lowest BCUT2D eigenvalue weighted by Gasteiger charge is -2.06. The van der Waals surface area contributed by atoms with Crippen LogP contribution in [-0.4, -0.2) is 30.5 Å². The minimum Gasteiger partial charge on any atom is -0.307 e. The number of carbonyl (C=O) groups is 1. The van der Waals surface area contributed by atoms with Gasteiger partial charge in [-0.2, -0.15) is 10.2 Å². The largest absolute Gasteiger partial charge is 0.307 e. The van der Waals surface area contributed by atoms with Crippen molar-refractivity contribution < 1.29 is 9.18 Å². The van der Waals surface area contributed by atoms with Crippen molar-refractivity contribution in [1.82, 2.24) is 24.5 Å². The Morgan fingerprint density at radius 1 is 1.06 bits per heavy atom. The Balaban J connectivity index is 1.35. The molecule has 0 spiro atoms. The zero-order chi connectivity index (χ0) is 23.7. The monoisotopic (exact) mass is 518 g/mol. The molecular formula is C25H20BrFN6O. The minimum atomic E-state index is -0.287. The van der Waals surface area contributed by atoms with Crippen LogP contribution in [0.2, 0.25) is 0 Å². The van der Waals surface area contributed by atoms with E-state index in [1.807, 2.05) is 43.3 Å². The summed E-state index contributed by atoms with van der Waals surface area (Å²) in [6, 6.07) is 18.2. The van der Waals surface area contributed by atoms with Gasteiger partial charge in [-0.05, 0) is 57.7 Å². The third-order valence-electron chi connectivity index (χ3n) is 5.42. The van der Waals surface area contributed by atoms with Crippen molar-refractivity contribution in [3.8, 4) is 11.1 Å². The molecule has 0 aliphatic heterocycles. The molecule has 0 aliphatic rings. The first-order valence-corrected chi connectivity index (χ1v) is 11.4. The van der Waals surface area contributed by atoms with Crippen molar-refractivity contribution in [2.45, 2.75) is 20.0 Å². The highest BCUT2D eigenvalue weighted by atomic mass is 79.9. The maximum atomic E-state index is 13.1. The SMILES string of the molecule is Cc1nn(CC(=O)Nc2nn(Cc3ccc(F)cc3)cc2Br)c2nccc(-c3ccccc3)c12. The summed E-state index contributed by atoms with van der Waals surface area (Å²) in [5, 5.41) is 12.8. The van der Waals surface area contributed by atoms with Gasteiger partial charge in [-0.1, -0.05) is 42.5 Å². The lowest BCUT2D eigenvalue weighted by Crippen LogP contribution is -2.20. The Bertz CT molecular complexity index is 1480. The molecule has 3 aromatic heterocycles. The molecule has 1 N–H and O–H groups in total. The number of halogens is 2. The van der Waals surface area contributed by atoms with Gasteiger partial charge in [0.2, 0.25) is 5.91 Å². The summed E-state index contributed by atoms with van der Waals surface area (Å²) in [6.45, 7) is 2.36. The van der Waals surface area contributed by atoms with Gasteiger partial charge >= 0.3 is 0 Å². The van der Waals surface area contributed by atoms with Crippen LogP contribution in [0.4, 0.5) is 10.2 Å². The van der Waals surface area contributed by atoms with Gasteiger partial charge < -0.3 is 5.32 Å². The maximum absolute atomic E-state index is 13.1. The molecular weight excluding hydrogens is 499 g/mol. The fraction of sp³-hybridized carbons (Fsp3) is 0.120. The van der Waals surface area contributed by atoms with Crippen LogP contribution in [0.15, 0.2) is 77.5 Å². The van der Waals surface area contributed by atoms with Crippen LogP contribution in [0.3, 0.4) is 0 Å². The predicted octanol–water partition coefficient (Wildman–Crippen LogP) is 5.19. The predicted molar refractivity (Wildman–Crippen MR) is 132 cm³/mol. The highest BCUT2D eigenvalue weighted by molar-refractivity contribution is 9.10. The molecule has 5 aromatic rings. The Hall–Kier alpha value is -3.85. The normalized spacial score (nSPS) is 11.1. The van der Waals surface area contributed by atoms with Crippen molar-refractivity contribution in [3.63, 3.8) is 0 Å². The average molecular weight is 519 g/mol. The molecule has 2 aromatic carbocycles. The van der Waals surface area contributed by atoms with Crippen LogP contribution in [-0.2, 0) is 17.9 Å². The molecule has 0 radical (unpaired) electrons. The summed E-state index contributed by atoms with van der Waals surface area (Å²) < 4.78 is 17.1. The summed E-state index contributed by atoms with van der Waals surface area (Å²) in [5.74, 6) is -0.160. The van der Waals surface area contributed by atoms with Crippen molar-refractivity contribution in [3.05, 3.63) is 94.6 Å². The van der Waals surface area contributed by atoms with E-state index in [0.717, 1.165) is 27.8 Å². The quantitative estimate of drug-likeness (QED) is 0.335. The number of fused-ring (bicyclic) bond motifs is 1. The van der Waals surface area contributed by atoms with Gasteiger partial charge in [-0.25, -0.2) is 14.1 Å². The minimum absolute atomic E-state index is 0.00710. The zero-order valence-electron chi connectivity index (χ0n) is 18.2. The molecule has 0 aliphatic carbocycles. The fourth-order valence-corrected chi connectivity index (χ4v) is 4.31. The van der Waals surface area contributed by atoms with E-state index in [-0.39, 0.29) is 18.3 Å². The van der Waals surface area contributed by atoms with Gasteiger partial charge in [0.05, 0.1) is 16.7 Å². The smallest absolute Gasteiger partial charge is 0.247 e. The van der Waals surface area contributed by atoms with Crippen LogP contribution >= 0.6 is 15.9 Å². The lowest BCUT2D eigenvalue weighted by atomic mass is 10.0. The number of carbonyl (C=O) groups excluding carboxylic acids is 1. The first kappa shape index (κ1) is 22.0. The molecule has 0 atom stereocenters. The third kappa shape index (κ3) is 4.47. The van der Waals surface area contributed by atoms with Gasteiger partial charge in [0.15, 0.2) is 11.5 Å². The summed E-state index contributed by atoms with van der Waals surface area (Å²) in [4.78, 5) is 17.3. The second-order valence-corrected chi connectivity index (χ2v) is 8.72. The molecule has 0 saturated heterocycles. The number of benzene rings is 2. The molecule has 0 fully saturated rings. The van der Waals surface area contributed by atoms with E-state index in [4.69, 9.17) is 0 Å². The van der Waals surface area contributed by atoms with E-state index >= 15 is 0 Å². The number of hydrogen-bond acceptors (Lipinski definition) is 4. The molecule has 3 heterocycles. The molecule has 0 saturated carbocycles. The van der Waals surface area contributed by atoms with E-state index in [2.05, 4.69) is 36.4 Å².